The summed E-state index contributed by atoms with van der Waals surface area (Å²) >= 11 is 0. The molecule has 0 aromatic rings. The van der Waals surface area contributed by atoms with Crippen molar-refractivity contribution in [3.8, 4) is 0 Å². The Labute approximate surface area is 145 Å². The van der Waals surface area contributed by atoms with E-state index in [1.807, 2.05) is 0 Å². The van der Waals surface area contributed by atoms with Crippen LogP contribution in [0.3, 0.4) is 0 Å². The molecule has 1 heterocycles. The van der Waals surface area contributed by atoms with Crippen molar-refractivity contribution in [3.05, 3.63) is 0 Å². The zero-order chi connectivity index (χ0) is 19.4. The second-order valence-electron chi connectivity index (χ2n) is 6.71. The van der Waals surface area contributed by atoms with Crippen LogP contribution in [0.25, 0.3) is 0 Å². The van der Waals surface area contributed by atoms with E-state index in [-0.39, 0.29) is 19.4 Å². The molecule has 0 spiro atoms. The largest absolute Gasteiger partial charge is 0.480 e. The summed E-state index contributed by atoms with van der Waals surface area (Å²) in [6.45, 7) is 4.43. The summed E-state index contributed by atoms with van der Waals surface area (Å²) in [7, 11) is 1.13. The Hall–Kier alpha value is -2.52. The van der Waals surface area contributed by atoms with Crippen LogP contribution in [0.15, 0.2) is 0 Å². The van der Waals surface area contributed by atoms with Crippen molar-refractivity contribution >= 4 is 24.1 Å². The van der Waals surface area contributed by atoms with Crippen molar-refractivity contribution in [2.75, 3.05) is 20.2 Å². The van der Waals surface area contributed by atoms with Gasteiger partial charge in [-0.25, -0.2) is 14.4 Å². The predicted molar refractivity (Wildman–Crippen MR) is 84.1 cm³/mol. The summed E-state index contributed by atoms with van der Waals surface area (Å²) in [5, 5.41) is 18.4. The number of hydrogen-bond donors (Lipinski definition) is 2. The van der Waals surface area contributed by atoms with Gasteiger partial charge in [0.25, 0.3) is 0 Å². The minimum Gasteiger partial charge on any atom is -0.480 e. The first kappa shape index (κ1) is 20.5. The molecule has 2 amide bonds. The van der Waals surface area contributed by atoms with Crippen molar-refractivity contribution in [1.82, 2.24) is 9.80 Å². The zero-order valence-electron chi connectivity index (χ0n) is 14.7. The highest BCUT2D eigenvalue weighted by molar-refractivity contribution is 5.81. The number of hydrogen-bond acceptors (Lipinski definition) is 6. The molecule has 1 aliphatic heterocycles. The second-order valence-corrected chi connectivity index (χ2v) is 6.71. The molecule has 1 aliphatic rings. The van der Waals surface area contributed by atoms with Gasteiger partial charge in [-0.15, -0.1) is 0 Å². The van der Waals surface area contributed by atoms with E-state index in [0.29, 0.717) is 0 Å². The van der Waals surface area contributed by atoms with Crippen LogP contribution >= 0.6 is 0 Å². The molecule has 10 heteroatoms. The Balaban J connectivity index is 2.87. The van der Waals surface area contributed by atoms with Crippen LogP contribution in [0.2, 0.25) is 0 Å². The molecule has 2 N–H and O–H groups in total. The molecule has 0 bridgehead atoms. The zero-order valence-corrected chi connectivity index (χ0v) is 14.7. The Morgan fingerprint density at radius 3 is 2.20 bits per heavy atom. The topological polar surface area (TPSA) is 134 Å². The fraction of sp³-hybridized carbons (Fsp3) is 0.733. The molecule has 0 radical (unpaired) electrons. The predicted octanol–water partition coefficient (Wildman–Crippen LogP) is 0.992. The molecule has 0 saturated carbocycles. The maximum atomic E-state index is 12.0. The quantitative estimate of drug-likeness (QED) is 0.693. The molecule has 2 atom stereocenters. The number of methoxy groups -OCH3 is 1. The van der Waals surface area contributed by atoms with Gasteiger partial charge >= 0.3 is 24.1 Å². The summed E-state index contributed by atoms with van der Waals surface area (Å²) in [6.07, 6.45) is -1.83. The third kappa shape index (κ3) is 5.80. The molecule has 142 valence electrons. The standard InChI is InChI=1S/C15H24N2O8/c1-15(2,3)25-11(18)8-16(14(23)24-4)7-9-5-6-10(12(19)20)17(9)13(21)22/h9-10H,5-8H2,1-4H3,(H,19,20)(H,21,22). The lowest BCUT2D eigenvalue weighted by atomic mass is 10.2. The summed E-state index contributed by atoms with van der Waals surface area (Å²) in [5.74, 6) is -1.92. The number of carbonyl (C=O) groups excluding carboxylic acids is 2. The lowest BCUT2D eigenvalue weighted by molar-refractivity contribution is -0.156. The molecule has 2 unspecified atom stereocenters. The monoisotopic (exact) mass is 360 g/mol. The maximum Gasteiger partial charge on any atom is 0.410 e. The van der Waals surface area contributed by atoms with Crippen LogP contribution in [-0.4, -0.2) is 82.0 Å². The molecule has 1 fully saturated rings. The van der Waals surface area contributed by atoms with E-state index in [1.165, 1.54) is 0 Å². The summed E-state index contributed by atoms with van der Waals surface area (Å²) in [5.41, 5.74) is -0.742. The minimum atomic E-state index is -1.39. The third-order valence-electron chi connectivity index (χ3n) is 3.61. The van der Waals surface area contributed by atoms with Crippen LogP contribution in [-0.2, 0) is 19.1 Å². The van der Waals surface area contributed by atoms with E-state index < -0.39 is 48.4 Å². The molecule has 1 saturated heterocycles. The third-order valence-corrected chi connectivity index (χ3v) is 3.61. The number of nitrogens with zero attached hydrogens (tertiary/aromatic N) is 2. The Morgan fingerprint density at radius 2 is 1.76 bits per heavy atom. The van der Waals surface area contributed by atoms with Gasteiger partial charge in [-0.05, 0) is 33.6 Å². The van der Waals surface area contributed by atoms with E-state index >= 15 is 0 Å². The van der Waals surface area contributed by atoms with Crippen molar-refractivity contribution in [1.29, 1.82) is 0 Å². The molecule has 25 heavy (non-hydrogen) atoms. The number of amides is 2. The van der Waals surface area contributed by atoms with Gasteiger partial charge in [0.2, 0.25) is 0 Å². The van der Waals surface area contributed by atoms with Gasteiger partial charge in [0.1, 0.15) is 18.2 Å². The van der Waals surface area contributed by atoms with Crippen LogP contribution in [0, 0.1) is 0 Å². The smallest absolute Gasteiger partial charge is 0.410 e. The number of rotatable bonds is 5. The van der Waals surface area contributed by atoms with Gasteiger partial charge in [0.15, 0.2) is 0 Å². The number of likely N-dealkylation sites (tertiary alicyclic amines) is 1. The van der Waals surface area contributed by atoms with Gasteiger partial charge < -0.3 is 19.7 Å². The molecule has 10 nitrogen and oxygen atoms in total. The van der Waals surface area contributed by atoms with E-state index in [1.54, 1.807) is 20.8 Å². The number of carboxylic acid groups (broad SMARTS) is 2. The van der Waals surface area contributed by atoms with Gasteiger partial charge in [-0.3, -0.25) is 14.6 Å². The summed E-state index contributed by atoms with van der Waals surface area (Å²) < 4.78 is 9.77. The second kappa shape index (κ2) is 8.04. The van der Waals surface area contributed by atoms with Gasteiger partial charge in [0.05, 0.1) is 13.2 Å². The Bertz CT molecular complexity index is 542. The van der Waals surface area contributed by atoms with Crippen molar-refractivity contribution in [2.45, 2.75) is 51.3 Å². The van der Waals surface area contributed by atoms with Crippen LogP contribution in [0.5, 0.6) is 0 Å². The number of ether oxygens (including phenoxy) is 2. The molecular weight excluding hydrogens is 336 g/mol. The maximum absolute atomic E-state index is 12.0. The van der Waals surface area contributed by atoms with Gasteiger partial charge in [-0.2, -0.15) is 0 Å². The number of carbonyl (C=O) groups is 4. The van der Waals surface area contributed by atoms with E-state index in [9.17, 15) is 24.3 Å². The fourth-order valence-electron chi connectivity index (χ4n) is 2.71. The summed E-state index contributed by atoms with van der Waals surface area (Å²) in [4.78, 5) is 48.3. The first-order valence-corrected chi connectivity index (χ1v) is 7.75. The van der Waals surface area contributed by atoms with Crippen LogP contribution in [0.1, 0.15) is 33.6 Å². The average Bonchev–Trinajstić information content (AvgIpc) is 2.87. The minimum absolute atomic E-state index is 0.133. The number of carboxylic acids is 1. The highest BCUT2D eigenvalue weighted by Crippen LogP contribution is 2.25. The van der Waals surface area contributed by atoms with E-state index in [2.05, 4.69) is 4.74 Å². The Kier molecular flexibility index (Phi) is 6.60. The first-order valence-electron chi connectivity index (χ1n) is 7.75. The summed E-state index contributed by atoms with van der Waals surface area (Å²) in [6, 6.07) is -1.93. The number of aliphatic carboxylic acids is 1. The highest BCUT2D eigenvalue weighted by atomic mass is 16.6. The number of esters is 1. The van der Waals surface area contributed by atoms with E-state index in [0.717, 1.165) is 16.9 Å². The SMILES string of the molecule is COC(=O)N(CC(=O)OC(C)(C)C)CC1CCC(C(=O)O)N1C(=O)O. The Morgan fingerprint density at radius 1 is 1.16 bits per heavy atom. The lowest BCUT2D eigenvalue weighted by Crippen LogP contribution is -2.50. The normalized spacial score (nSPS) is 20.1. The van der Waals surface area contributed by atoms with Crippen molar-refractivity contribution < 1.29 is 38.9 Å². The molecular formula is C15H24N2O8. The van der Waals surface area contributed by atoms with Gasteiger partial charge in [0, 0.05) is 6.54 Å². The molecule has 0 aromatic carbocycles. The van der Waals surface area contributed by atoms with E-state index in [4.69, 9.17) is 9.84 Å². The average molecular weight is 360 g/mol. The highest BCUT2D eigenvalue weighted by Gasteiger charge is 2.42. The van der Waals surface area contributed by atoms with Crippen LogP contribution < -0.4 is 0 Å². The lowest BCUT2D eigenvalue weighted by Gasteiger charge is -2.30. The van der Waals surface area contributed by atoms with Crippen molar-refractivity contribution in [3.63, 3.8) is 0 Å². The first-order chi connectivity index (χ1) is 11.5. The molecule has 0 aliphatic carbocycles. The molecule has 1 rings (SSSR count). The molecule has 0 aromatic heterocycles. The van der Waals surface area contributed by atoms with Crippen LogP contribution in [0.4, 0.5) is 9.59 Å². The van der Waals surface area contributed by atoms with Crippen molar-refractivity contribution in [2.24, 2.45) is 0 Å². The van der Waals surface area contributed by atoms with Gasteiger partial charge in [-0.1, -0.05) is 0 Å². The fourth-order valence-corrected chi connectivity index (χ4v) is 2.71.